The lowest BCUT2D eigenvalue weighted by Gasteiger charge is -2.18. The maximum Gasteiger partial charge on any atom is 0.252 e. The number of benzene rings is 1. The molecule has 2 aromatic heterocycles. The summed E-state index contributed by atoms with van der Waals surface area (Å²) in [5.41, 5.74) is 9.48. The number of H-pyrrole nitrogens is 1. The number of amides is 1. The molecule has 1 amide bonds. The molecule has 4 nitrogen and oxygen atoms in total. The van der Waals surface area contributed by atoms with Gasteiger partial charge in [0.25, 0.3) is 5.91 Å². The van der Waals surface area contributed by atoms with E-state index in [2.05, 4.69) is 23.0 Å². The first-order valence-corrected chi connectivity index (χ1v) is 8.99. The maximum absolute atomic E-state index is 12.0. The van der Waals surface area contributed by atoms with Crippen LogP contribution in [0.15, 0.2) is 35.5 Å². The lowest BCUT2D eigenvalue weighted by atomic mass is 9.88. The van der Waals surface area contributed by atoms with Crippen molar-refractivity contribution >= 4 is 39.4 Å². The molecule has 2 heterocycles. The van der Waals surface area contributed by atoms with Crippen LogP contribution < -0.4 is 5.73 Å². The first kappa shape index (κ1) is 15.1. The molecule has 1 atom stereocenters. The van der Waals surface area contributed by atoms with Gasteiger partial charge in [-0.1, -0.05) is 25.1 Å². The first-order chi connectivity index (χ1) is 11.6. The number of aromatic amines is 1. The Kier molecular flexibility index (Phi) is 3.73. The van der Waals surface area contributed by atoms with E-state index in [1.807, 2.05) is 30.6 Å². The van der Waals surface area contributed by atoms with Crippen molar-refractivity contribution in [3.63, 3.8) is 0 Å². The molecule has 1 aliphatic carbocycles. The highest BCUT2D eigenvalue weighted by Crippen LogP contribution is 2.41. The van der Waals surface area contributed by atoms with Gasteiger partial charge >= 0.3 is 0 Å². The zero-order chi connectivity index (χ0) is 16.7. The van der Waals surface area contributed by atoms with E-state index in [1.54, 1.807) is 11.3 Å². The summed E-state index contributed by atoms with van der Waals surface area (Å²) in [6.07, 6.45) is 6.81. The highest BCUT2D eigenvalue weighted by atomic mass is 32.1. The standard InChI is InChI=1S/C19H19N3OS/c1-11-6-7-14-16(8-11)24-19(17(14)18(20)23)22-10-12-9-21-15-5-3-2-4-13(12)15/h2-5,9-11,21H,6-8H2,1H3,(H2,20,23). The minimum absolute atomic E-state index is 0.367. The average molecular weight is 337 g/mol. The van der Waals surface area contributed by atoms with E-state index in [0.29, 0.717) is 11.5 Å². The number of carbonyl (C=O) groups excluding carboxylic acids is 1. The minimum atomic E-state index is -0.367. The van der Waals surface area contributed by atoms with Crippen molar-refractivity contribution in [1.82, 2.24) is 4.98 Å². The van der Waals surface area contributed by atoms with Crippen LogP contribution in [0.5, 0.6) is 0 Å². The van der Waals surface area contributed by atoms with Crippen LogP contribution in [0, 0.1) is 5.92 Å². The van der Waals surface area contributed by atoms with Gasteiger partial charge in [0.15, 0.2) is 0 Å². The summed E-state index contributed by atoms with van der Waals surface area (Å²) in [5.74, 6) is 0.287. The van der Waals surface area contributed by atoms with E-state index >= 15 is 0 Å². The fourth-order valence-electron chi connectivity index (χ4n) is 3.41. The number of thiophene rings is 1. The van der Waals surface area contributed by atoms with Crippen LogP contribution in [-0.2, 0) is 12.8 Å². The van der Waals surface area contributed by atoms with Crippen LogP contribution >= 0.6 is 11.3 Å². The summed E-state index contributed by atoms with van der Waals surface area (Å²) in [6, 6.07) is 8.10. The van der Waals surface area contributed by atoms with Crippen molar-refractivity contribution in [2.45, 2.75) is 26.2 Å². The fraction of sp³-hybridized carbons (Fsp3) is 0.263. The van der Waals surface area contributed by atoms with Crippen LogP contribution in [-0.4, -0.2) is 17.1 Å². The van der Waals surface area contributed by atoms with Gasteiger partial charge < -0.3 is 10.7 Å². The van der Waals surface area contributed by atoms with Gasteiger partial charge in [-0.15, -0.1) is 11.3 Å². The monoisotopic (exact) mass is 337 g/mol. The van der Waals surface area contributed by atoms with Gasteiger partial charge in [0.2, 0.25) is 0 Å². The van der Waals surface area contributed by atoms with Crippen LogP contribution in [0.2, 0.25) is 0 Å². The summed E-state index contributed by atoms with van der Waals surface area (Å²) in [4.78, 5) is 21.1. The Labute approximate surface area is 144 Å². The summed E-state index contributed by atoms with van der Waals surface area (Å²) in [7, 11) is 0. The summed E-state index contributed by atoms with van der Waals surface area (Å²) < 4.78 is 0. The lowest BCUT2D eigenvalue weighted by molar-refractivity contribution is 0.1000. The minimum Gasteiger partial charge on any atom is -0.365 e. The Morgan fingerprint density at radius 2 is 2.25 bits per heavy atom. The zero-order valence-electron chi connectivity index (χ0n) is 13.5. The highest BCUT2D eigenvalue weighted by Gasteiger charge is 2.26. The van der Waals surface area contributed by atoms with E-state index in [4.69, 9.17) is 5.73 Å². The Morgan fingerprint density at radius 1 is 1.42 bits per heavy atom. The SMILES string of the molecule is CC1CCc2c(sc(N=Cc3c[nH]c4ccccc34)c2C(N)=O)C1. The van der Waals surface area contributed by atoms with Crippen molar-refractivity contribution in [2.75, 3.05) is 0 Å². The summed E-state index contributed by atoms with van der Waals surface area (Å²) >= 11 is 1.61. The van der Waals surface area contributed by atoms with E-state index in [1.165, 1.54) is 4.88 Å². The van der Waals surface area contributed by atoms with Crippen LogP contribution in [0.4, 0.5) is 5.00 Å². The number of hydrogen-bond donors (Lipinski definition) is 2. The smallest absolute Gasteiger partial charge is 0.252 e. The molecule has 24 heavy (non-hydrogen) atoms. The topological polar surface area (TPSA) is 71.2 Å². The molecule has 0 saturated carbocycles. The molecule has 0 spiro atoms. The third-order valence-electron chi connectivity index (χ3n) is 4.68. The second kappa shape index (κ2) is 5.91. The van der Waals surface area contributed by atoms with Crippen molar-refractivity contribution < 1.29 is 4.79 Å². The molecule has 0 saturated heterocycles. The number of nitrogens with one attached hydrogen (secondary N) is 1. The van der Waals surface area contributed by atoms with E-state index in [-0.39, 0.29) is 5.91 Å². The molecule has 4 rings (SSSR count). The van der Waals surface area contributed by atoms with Gasteiger partial charge in [-0.2, -0.15) is 0 Å². The first-order valence-electron chi connectivity index (χ1n) is 8.18. The number of aliphatic imine (C=N–C) groups is 1. The summed E-state index contributed by atoms with van der Waals surface area (Å²) in [5, 5.41) is 1.86. The van der Waals surface area contributed by atoms with E-state index < -0.39 is 0 Å². The van der Waals surface area contributed by atoms with Crippen LogP contribution in [0.1, 0.15) is 39.7 Å². The normalized spacial score (nSPS) is 17.5. The predicted molar refractivity (Wildman–Crippen MR) is 99.6 cm³/mol. The quantitative estimate of drug-likeness (QED) is 0.691. The second-order valence-corrected chi connectivity index (χ2v) is 7.53. The third kappa shape index (κ3) is 2.55. The molecule has 3 N–H and O–H groups in total. The Balaban J connectivity index is 1.75. The summed E-state index contributed by atoms with van der Waals surface area (Å²) in [6.45, 7) is 2.25. The number of fused-ring (bicyclic) bond motifs is 2. The van der Waals surface area contributed by atoms with E-state index in [9.17, 15) is 4.79 Å². The van der Waals surface area contributed by atoms with Gasteiger partial charge in [-0.3, -0.25) is 4.79 Å². The molecule has 122 valence electrons. The third-order valence-corrected chi connectivity index (χ3v) is 5.84. The molecule has 1 unspecified atom stereocenters. The fourth-order valence-corrected chi connectivity index (χ4v) is 4.77. The Hall–Kier alpha value is -2.40. The number of hydrogen-bond acceptors (Lipinski definition) is 3. The number of para-hydroxylation sites is 1. The molecule has 0 bridgehead atoms. The van der Waals surface area contributed by atoms with Gasteiger partial charge in [0.05, 0.1) is 5.56 Å². The Morgan fingerprint density at radius 3 is 3.08 bits per heavy atom. The van der Waals surface area contributed by atoms with Crippen molar-refractivity contribution in [1.29, 1.82) is 0 Å². The van der Waals surface area contributed by atoms with Gasteiger partial charge in [0, 0.05) is 33.8 Å². The number of nitrogens with zero attached hydrogens (tertiary/aromatic N) is 1. The number of primary amides is 1. The van der Waals surface area contributed by atoms with E-state index in [0.717, 1.165) is 46.3 Å². The Bertz CT molecular complexity index is 951. The number of aromatic nitrogens is 1. The number of carbonyl (C=O) groups is 1. The average Bonchev–Trinajstić information content (AvgIpc) is 3.13. The number of rotatable bonds is 3. The van der Waals surface area contributed by atoms with Crippen molar-refractivity contribution in [2.24, 2.45) is 16.6 Å². The van der Waals surface area contributed by atoms with Crippen molar-refractivity contribution in [3.05, 3.63) is 52.0 Å². The molecule has 5 heteroatoms. The van der Waals surface area contributed by atoms with Crippen molar-refractivity contribution in [3.8, 4) is 0 Å². The highest BCUT2D eigenvalue weighted by molar-refractivity contribution is 7.16. The molecule has 0 fully saturated rings. The second-order valence-electron chi connectivity index (χ2n) is 6.44. The van der Waals surface area contributed by atoms with Gasteiger partial charge in [-0.05, 0) is 36.8 Å². The largest absolute Gasteiger partial charge is 0.365 e. The molecule has 1 aliphatic rings. The molecule has 3 aromatic rings. The maximum atomic E-state index is 12.0. The molecule has 0 aliphatic heterocycles. The lowest BCUT2D eigenvalue weighted by Crippen LogP contribution is -2.16. The molecular weight excluding hydrogens is 318 g/mol. The number of nitrogens with two attached hydrogens (primary N) is 1. The zero-order valence-corrected chi connectivity index (χ0v) is 14.3. The molecule has 0 radical (unpaired) electrons. The van der Waals surface area contributed by atoms with Gasteiger partial charge in [-0.25, -0.2) is 4.99 Å². The van der Waals surface area contributed by atoms with Gasteiger partial charge in [0.1, 0.15) is 5.00 Å². The van der Waals surface area contributed by atoms with Crippen LogP contribution in [0.3, 0.4) is 0 Å². The molecule has 1 aromatic carbocycles. The molecular formula is C19H19N3OS. The predicted octanol–water partition coefficient (Wildman–Crippen LogP) is 4.20. The van der Waals surface area contributed by atoms with Crippen LogP contribution in [0.25, 0.3) is 10.9 Å².